The normalized spacial score (nSPS) is 31.6. The van der Waals surface area contributed by atoms with Crippen molar-refractivity contribution in [2.75, 3.05) is 6.61 Å². The van der Waals surface area contributed by atoms with Gasteiger partial charge in [0.25, 0.3) is 0 Å². The third kappa shape index (κ3) is 14.7. The number of carboxylic acids is 1. The Morgan fingerprint density at radius 2 is 1.11 bits per heavy atom. The van der Waals surface area contributed by atoms with Gasteiger partial charge in [0.2, 0.25) is 0 Å². The van der Waals surface area contributed by atoms with E-state index in [9.17, 15) is 86.2 Å². The Labute approximate surface area is 372 Å². The lowest BCUT2D eigenvalue weighted by Crippen LogP contribution is -2.72. The van der Waals surface area contributed by atoms with Gasteiger partial charge in [-0.3, -0.25) is 4.79 Å². The second-order valence-corrected chi connectivity index (χ2v) is 17.3. The summed E-state index contributed by atoms with van der Waals surface area (Å²) in [5.41, 5.74) is -3.37. The van der Waals surface area contributed by atoms with E-state index in [-0.39, 0.29) is 6.42 Å². The SMILES string of the molecule is CCCCCCCC=CC(=O)O[C@H]1[C@H](O[C@@H]2[C@H](O)[C@@H](O)[C@H](C)O[C@H]2C(CC(O)C(O)C(O)C(O)C(O)C(O)C(O)C(O)CO)(C(=O)O)C(O)(O)CCCCCCC)O[C@@H](C)[C@H](O)[C@H]1O. The first-order chi connectivity index (χ1) is 30.0. The van der Waals surface area contributed by atoms with E-state index in [0.717, 1.165) is 51.0 Å². The molecular formula is C42H76O22. The molecule has 19 atom stereocenters. The zero-order valence-electron chi connectivity index (χ0n) is 37.1. The van der Waals surface area contributed by atoms with Gasteiger partial charge in [0.15, 0.2) is 23.6 Å². The van der Waals surface area contributed by atoms with Crippen LogP contribution in [0.15, 0.2) is 12.2 Å². The van der Waals surface area contributed by atoms with Crippen LogP contribution in [0.4, 0.5) is 0 Å². The van der Waals surface area contributed by atoms with E-state index in [4.69, 9.17) is 24.1 Å². The molecule has 2 aliphatic heterocycles. The molecule has 22 heteroatoms. The molecule has 16 N–H and O–H groups in total. The number of ether oxygens (including phenoxy) is 4. The highest BCUT2D eigenvalue weighted by Gasteiger charge is 2.68. The Balaban J connectivity index is 2.67. The minimum atomic E-state index is -3.51. The first-order valence-corrected chi connectivity index (χ1v) is 22.3. The maximum Gasteiger partial charge on any atom is 0.330 e. The van der Waals surface area contributed by atoms with Crippen molar-refractivity contribution >= 4 is 11.9 Å². The number of carbonyl (C=O) groups is 2. The molecule has 0 bridgehead atoms. The van der Waals surface area contributed by atoms with Gasteiger partial charge >= 0.3 is 11.9 Å². The van der Waals surface area contributed by atoms with Crippen LogP contribution in [0.1, 0.15) is 111 Å². The fourth-order valence-electron chi connectivity index (χ4n) is 8.11. The van der Waals surface area contributed by atoms with Crippen molar-refractivity contribution in [1.82, 2.24) is 0 Å². The Morgan fingerprint density at radius 1 is 0.641 bits per heavy atom. The van der Waals surface area contributed by atoms with Gasteiger partial charge in [0, 0.05) is 12.5 Å². The topological polar surface area (TPSA) is 395 Å². The van der Waals surface area contributed by atoms with E-state index >= 15 is 0 Å². The largest absolute Gasteiger partial charge is 0.481 e. The molecule has 2 saturated heterocycles. The molecule has 0 radical (unpaired) electrons. The van der Waals surface area contributed by atoms with E-state index < -0.39 is 153 Å². The molecular weight excluding hydrogens is 856 g/mol. The third-order valence-corrected chi connectivity index (χ3v) is 12.4. The average molecular weight is 933 g/mol. The van der Waals surface area contributed by atoms with Crippen LogP contribution in [0.3, 0.4) is 0 Å². The first kappa shape index (κ1) is 58.1. The van der Waals surface area contributed by atoms with Crippen LogP contribution >= 0.6 is 0 Å². The summed E-state index contributed by atoms with van der Waals surface area (Å²) in [6.07, 6.45) is -31.4. The molecule has 0 aromatic carbocycles. The number of hydrogen-bond acceptors (Lipinski definition) is 21. The van der Waals surface area contributed by atoms with E-state index in [2.05, 4.69) is 6.92 Å². The van der Waals surface area contributed by atoms with Gasteiger partial charge < -0.3 is 101 Å². The number of allylic oxidation sites excluding steroid dienone is 1. The molecule has 376 valence electrons. The van der Waals surface area contributed by atoms with Crippen LogP contribution in [0.25, 0.3) is 0 Å². The highest BCUT2D eigenvalue weighted by atomic mass is 16.7. The maximum absolute atomic E-state index is 13.8. The molecule has 9 unspecified atom stereocenters. The summed E-state index contributed by atoms with van der Waals surface area (Å²) >= 11 is 0. The van der Waals surface area contributed by atoms with Crippen molar-refractivity contribution in [3.63, 3.8) is 0 Å². The summed E-state index contributed by atoms with van der Waals surface area (Å²) in [5.74, 6) is -6.70. The summed E-state index contributed by atoms with van der Waals surface area (Å²) < 4.78 is 23.1. The van der Waals surface area contributed by atoms with Crippen molar-refractivity contribution in [2.45, 2.75) is 227 Å². The monoisotopic (exact) mass is 932 g/mol. The number of aliphatic hydroxyl groups excluding tert-OH is 13. The predicted molar refractivity (Wildman–Crippen MR) is 220 cm³/mol. The van der Waals surface area contributed by atoms with Crippen LogP contribution in [0, 0.1) is 5.41 Å². The fraction of sp³-hybridized carbons (Fsp3) is 0.905. The van der Waals surface area contributed by atoms with Gasteiger partial charge in [-0.05, 0) is 39.5 Å². The maximum atomic E-state index is 13.8. The summed E-state index contributed by atoms with van der Waals surface area (Å²) in [6, 6.07) is 0. The van der Waals surface area contributed by atoms with Crippen molar-refractivity contribution in [3.8, 4) is 0 Å². The lowest BCUT2D eigenvalue weighted by molar-refractivity contribution is -0.364. The Bertz CT molecular complexity index is 1390. The second kappa shape index (κ2) is 27.1. The predicted octanol–water partition coefficient (Wildman–Crippen LogP) is -3.44. The van der Waals surface area contributed by atoms with Gasteiger partial charge in [0.1, 0.15) is 79.4 Å². The zero-order valence-corrected chi connectivity index (χ0v) is 37.1. The summed E-state index contributed by atoms with van der Waals surface area (Å²) in [6.45, 7) is 5.33. The number of unbranched alkanes of at least 4 members (excludes halogenated alkanes) is 9. The smallest absolute Gasteiger partial charge is 0.330 e. The number of aliphatic carboxylic acids is 1. The van der Waals surface area contributed by atoms with Crippen molar-refractivity contribution < 1.29 is 110 Å². The van der Waals surface area contributed by atoms with Crippen LogP contribution in [-0.2, 0) is 28.5 Å². The van der Waals surface area contributed by atoms with E-state index in [1.165, 1.54) is 19.9 Å². The molecule has 0 spiro atoms. The van der Waals surface area contributed by atoms with Crippen LogP contribution in [0.2, 0.25) is 0 Å². The molecule has 2 heterocycles. The fourth-order valence-corrected chi connectivity index (χ4v) is 8.11. The van der Waals surface area contributed by atoms with Crippen molar-refractivity contribution in [3.05, 3.63) is 12.2 Å². The first-order valence-electron chi connectivity index (χ1n) is 22.3. The Hall–Kier alpha value is -2.04. The third-order valence-electron chi connectivity index (χ3n) is 12.4. The van der Waals surface area contributed by atoms with Crippen LogP contribution in [0.5, 0.6) is 0 Å². The molecule has 0 aliphatic carbocycles. The zero-order chi connectivity index (χ0) is 48.7. The molecule has 64 heavy (non-hydrogen) atoms. The van der Waals surface area contributed by atoms with Crippen molar-refractivity contribution in [2.24, 2.45) is 5.41 Å². The Morgan fingerprint density at radius 3 is 1.62 bits per heavy atom. The standard InChI is InChI=1S/C42H76O22/c1-5-7-9-11-12-13-15-17-25(46)63-37-35(56)27(48)22(4)62-39(37)64-36-34(55)26(47)21(3)61-38(36)41(40(57)58,42(59,60)18-16-14-10-8-6-2)19-23(44)28(49)30(51)32(53)33(54)31(52)29(50)24(45)20-43/h15,17,21-24,26-39,43-45,47-56,59-60H,5-14,16,18-20H2,1-4H3,(H,57,58)/t21-,22-,23?,24?,26-,27-,28?,29?,30?,31?,32?,33?,34+,35+,36+,37+,38+,39-,41?/m0/s1. The number of aliphatic hydroxyl groups is 15. The molecule has 2 aliphatic rings. The van der Waals surface area contributed by atoms with Crippen LogP contribution < -0.4 is 0 Å². The van der Waals surface area contributed by atoms with Crippen molar-refractivity contribution in [1.29, 1.82) is 0 Å². The molecule has 22 nitrogen and oxygen atoms in total. The molecule has 2 rings (SSSR count). The average Bonchev–Trinajstić information content (AvgIpc) is 3.26. The number of esters is 1. The van der Waals surface area contributed by atoms with E-state index in [1.54, 1.807) is 0 Å². The van der Waals surface area contributed by atoms with Gasteiger partial charge in [-0.1, -0.05) is 71.3 Å². The number of carbonyl (C=O) groups excluding carboxylic acids is 1. The van der Waals surface area contributed by atoms with Gasteiger partial charge in [-0.2, -0.15) is 0 Å². The summed E-state index contributed by atoms with van der Waals surface area (Å²) in [4.78, 5) is 26.8. The minimum absolute atomic E-state index is 0.0648. The van der Waals surface area contributed by atoms with Crippen LogP contribution in [-0.4, -0.2) is 216 Å². The highest BCUT2D eigenvalue weighted by Crippen LogP contribution is 2.49. The van der Waals surface area contributed by atoms with E-state index in [1.807, 2.05) is 6.92 Å². The quantitative estimate of drug-likeness (QED) is 0.0150. The van der Waals surface area contributed by atoms with Gasteiger partial charge in [0.05, 0.1) is 24.9 Å². The highest BCUT2D eigenvalue weighted by molar-refractivity contribution is 5.82. The second-order valence-electron chi connectivity index (χ2n) is 17.3. The lowest BCUT2D eigenvalue weighted by atomic mass is 9.64. The summed E-state index contributed by atoms with van der Waals surface area (Å²) in [7, 11) is 0. The molecule has 0 saturated carbocycles. The number of carboxylic acid groups (broad SMARTS) is 1. The molecule has 0 amide bonds. The Kier molecular flexibility index (Phi) is 24.6. The summed E-state index contributed by atoms with van der Waals surface area (Å²) in [5, 5.41) is 173. The van der Waals surface area contributed by atoms with Gasteiger partial charge in [-0.25, -0.2) is 4.79 Å². The number of hydrogen-bond donors (Lipinski definition) is 16. The number of rotatable bonds is 29. The van der Waals surface area contributed by atoms with E-state index in [0.29, 0.717) is 19.3 Å². The minimum Gasteiger partial charge on any atom is -0.481 e. The molecule has 2 fully saturated rings. The molecule has 0 aromatic rings. The molecule has 0 aromatic heterocycles. The van der Waals surface area contributed by atoms with Gasteiger partial charge in [-0.15, -0.1) is 0 Å². The lowest BCUT2D eigenvalue weighted by Gasteiger charge is -2.54.